The van der Waals surface area contributed by atoms with Crippen LogP contribution in [0.3, 0.4) is 0 Å². The van der Waals surface area contributed by atoms with Gasteiger partial charge in [0.05, 0.1) is 6.04 Å². The summed E-state index contributed by atoms with van der Waals surface area (Å²) in [4.78, 5) is 8.41. The Labute approximate surface area is 155 Å². The Morgan fingerprint density at radius 3 is 2.61 bits per heavy atom. The van der Waals surface area contributed by atoms with E-state index in [2.05, 4.69) is 64.8 Å². The smallest absolute Gasteiger partial charge is 0.191 e. The summed E-state index contributed by atoms with van der Waals surface area (Å²) >= 11 is 0. The van der Waals surface area contributed by atoms with Gasteiger partial charge in [-0.15, -0.1) is 24.0 Å². The zero-order valence-electron chi connectivity index (χ0n) is 13.9. The van der Waals surface area contributed by atoms with Gasteiger partial charge in [-0.3, -0.25) is 9.98 Å². The molecule has 1 atom stereocenters. The lowest BCUT2D eigenvalue weighted by atomic mass is 10.1. The lowest BCUT2D eigenvalue weighted by Crippen LogP contribution is -2.39. The van der Waals surface area contributed by atoms with E-state index in [0.29, 0.717) is 0 Å². The number of halogens is 1. The van der Waals surface area contributed by atoms with Gasteiger partial charge in [0.15, 0.2) is 5.96 Å². The van der Waals surface area contributed by atoms with E-state index in [1.807, 2.05) is 18.5 Å². The van der Waals surface area contributed by atoms with Crippen LogP contribution in [0.25, 0.3) is 0 Å². The van der Waals surface area contributed by atoms with Crippen molar-refractivity contribution < 1.29 is 0 Å². The highest BCUT2D eigenvalue weighted by Crippen LogP contribution is 2.10. The number of pyridine rings is 1. The summed E-state index contributed by atoms with van der Waals surface area (Å²) in [5, 5.41) is 6.77. The van der Waals surface area contributed by atoms with Crippen LogP contribution in [0.5, 0.6) is 0 Å². The van der Waals surface area contributed by atoms with E-state index < -0.39 is 0 Å². The van der Waals surface area contributed by atoms with E-state index in [0.717, 1.165) is 18.9 Å². The molecule has 0 spiro atoms. The van der Waals surface area contributed by atoms with Crippen molar-refractivity contribution in [1.82, 2.24) is 15.6 Å². The molecule has 0 aliphatic heterocycles. The summed E-state index contributed by atoms with van der Waals surface area (Å²) in [6, 6.07) is 12.7. The first kappa shape index (κ1) is 19.4. The van der Waals surface area contributed by atoms with Crippen LogP contribution in [-0.4, -0.2) is 24.5 Å². The molecule has 2 aromatic rings. The van der Waals surface area contributed by atoms with E-state index in [9.17, 15) is 0 Å². The number of aromatic nitrogens is 1. The monoisotopic (exact) mass is 424 g/mol. The lowest BCUT2D eigenvalue weighted by molar-refractivity contribution is 0.684. The summed E-state index contributed by atoms with van der Waals surface area (Å²) in [5.74, 6) is 0.822. The maximum absolute atomic E-state index is 4.29. The van der Waals surface area contributed by atoms with Crippen LogP contribution in [0.1, 0.15) is 29.7 Å². The molecule has 2 rings (SSSR count). The molecule has 1 heterocycles. The minimum atomic E-state index is 0. The third kappa shape index (κ3) is 6.17. The van der Waals surface area contributed by atoms with Crippen molar-refractivity contribution in [1.29, 1.82) is 0 Å². The molecule has 23 heavy (non-hydrogen) atoms. The highest BCUT2D eigenvalue weighted by atomic mass is 127. The van der Waals surface area contributed by atoms with Crippen molar-refractivity contribution in [3.05, 3.63) is 65.5 Å². The number of aryl methyl sites for hydroxylation is 1. The molecule has 0 radical (unpaired) electrons. The standard InChI is InChI=1S/C18H24N4.HI/c1-14-13-20-11-9-16(14)10-12-21-18(19-3)22-15(2)17-7-5-4-6-8-17;/h4-9,11,13,15H,10,12H2,1-3H3,(H2,19,21,22);1H. The van der Waals surface area contributed by atoms with Crippen molar-refractivity contribution in [2.24, 2.45) is 4.99 Å². The Hall–Kier alpha value is -1.63. The molecule has 0 fully saturated rings. The molecule has 4 nitrogen and oxygen atoms in total. The average molecular weight is 424 g/mol. The fourth-order valence-corrected chi connectivity index (χ4v) is 2.32. The lowest BCUT2D eigenvalue weighted by Gasteiger charge is -2.18. The van der Waals surface area contributed by atoms with Crippen molar-refractivity contribution in [2.45, 2.75) is 26.3 Å². The molecule has 0 aliphatic carbocycles. The predicted octanol–water partition coefficient (Wildman–Crippen LogP) is 3.48. The average Bonchev–Trinajstić information content (AvgIpc) is 2.56. The number of nitrogens with one attached hydrogen (secondary N) is 2. The van der Waals surface area contributed by atoms with E-state index in [-0.39, 0.29) is 30.0 Å². The molecule has 0 saturated heterocycles. The second-order valence-electron chi connectivity index (χ2n) is 5.33. The number of rotatable bonds is 5. The molecule has 0 amide bonds. The highest BCUT2D eigenvalue weighted by molar-refractivity contribution is 14.0. The van der Waals surface area contributed by atoms with Crippen LogP contribution in [0.4, 0.5) is 0 Å². The van der Waals surface area contributed by atoms with Crippen LogP contribution >= 0.6 is 24.0 Å². The predicted molar refractivity (Wildman–Crippen MR) is 107 cm³/mol. The van der Waals surface area contributed by atoms with Gasteiger partial charge in [0.25, 0.3) is 0 Å². The fraction of sp³-hybridized carbons (Fsp3) is 0.333. The summed E-state index contributed by atoms with van der Waals surface area (Å²) in [7, 11) is 1.80. The Kier molecular flexibility index (Phi) is 8.61. The Morgan fingerprint density at radius 2 is 1.96 bits per heavy atom. The molecule has 0 aliphatic rings. The minimum absolute atomic E-state index is 0. The van der Waals surface area contributed by atoms with E-state index in [4.69, 9.17) is 0 Å². The van der Waals surface area contributed by atoms with Crippen molar-refractivity contribution in [3.8, 4) is 0 Å². The number of nitrogens with zero attached hydrogens (tertiary/aromatic N) is 2. The Morgan fingerprint density at radius 1 is 1.22 bits per heavy atom. The molecule has 1 unspecified atom stereocenters. The first-order chi connectivity index (χ1) is 10.7. The maximum Gasteiger partial charge on any atom is 0.191 e. The summed E-state index contributed by atoms with van der Waals surface area (Å²) < 4.78 is 0. The number of benzene rings is 1. The molecular formula is C18H25IN4. The van der Waals surface area contributed by atoms with Gasteiger partial charge in [0, 0.05) is 26.0 Å². The van der Waals surface area contributed by atoms with Gasteiger partial charge >= 0.3 is 0 Å². The molecule has 1 aromatic heterocycles. The number of hydrogen-bond acceptors (Lipinski definition) is 2. The van der Waals surface area contributed by atoms with E-state index >= 15 is 0 Å². The van der Waals surface area contributed by atoms with Gasteiger partial charge in [0.2, 0.25) is 0 Å². The molecule has 2 N–H and O–H groups in total. The van der Waals surface area contributed by atoms with Crippen molar-refractivity contribution in [2.75, 3.05) is 13.6 Å². The molecule has 0 saturated carbocycles. The summed E-state index contributed by atoms with van der Waals surface area (Å²) in [6.07, 6.45) is 4.70. The van der Waals surface area contributed by atoms with Crippen LogP contribution in [0, 0.1) is 6.92 Å². The van der Waals surface area contributed by atoms with Crippen LogP contribution < -0.4 is 10.6 Å². The van der Waals surface area contributed by atoms with Gasteiger partial charge in [-0.2, -0.15) is 0 Å². The molecular weight excluding hydrogens is 399 g/mol. The SMILES string of the molecule is CN=C(NCCc1ccncc1C)NC(C)c1ccccc1.I. The van der Waals surface area contributed by atoms with Crippen molar-refractivity contribution in [3.63, 3.8) is 0 Å². The first-order valence-electron chi connectivity index (χ1n) is 7.62. The molecule has 5 heteroatoms. The Balaban J connectivity index is 0.00000264. The number of aliphatic imine (C=N–C) groups is 1. The quantitative estimate of drug-likeness (QED) is 0.439. The van der Waals surface area contributed by atoms with Gasteiger partial charge in [-0.25, -0.2) is 0 Å². The van der Waals surface area contributed by atoms with E-state index in [1.54, 1.807) is 7.05 Å². The zero-order chi connectivity index (χ0) is 15.8. The second-order valence-corrected chi connectivity index (χ2v) is 5.33. The van der Waals surface area contributed by atoms with Crippen LogP contribution in [-0.2, 0) is 6.42 Å². The highest BCUT2D eigenvalue weighted by Gasteiger charge is 2.07. The summed E-state index contributed by atoms with van der Waals surface area (Å²) in [6.45, 7) is 5.06. The molecule has 124 valence electrons. The van der Waals surface area contributed by atoms with Crippen LogP contribution in [0.2, 0.25) is 0 Å². The van der Waals surface area contributed by atoms with Gasteiger partial charge in [0.1, 0.15) is 0 Å². The largest absolute Gasteiger partial charge is 0.356 e. The normalized spacial score (nSPS) is 12.2. The fourth-order valence-electron chi connectivity index (χ4n) is 2.32. The first-order valence-corrected chi connectivity index (χ1v) is 7.62. The third-order valence-corrected chi connectivity index (χ3v) is 3.70. The molecule has 0 bridgehead atoms. The third-order valence-electron chi connectivity index (χ3n) is 3.70. The van der Waals surface area contributed by atoms with E-state index in [1.165, 1.54) is 16.7 Å². The van der Waals surface area contributed by atoms with Crippen molar-refractivity contribution >= 4 is 29.9 Å². The minimum Gasteiger partial charge on any atom is -0.356 e. The molecule has 1 aromatic carbocycles. The summed E-state index contributed by atoms with van der Waals surface area (Å²) in [5.41, 5.74) is 3.79. The van der Waals surface area contributed by atoms with Gasteiger partial charge < -0.3 is 10.6 Å². The Bertz CT molecular complexity index is 613. The van der Waals surface area contributed by atoms with Crippen LogP contribution in [0.15, 0.2) is 53.8 Å². The topological polar surface area (TPSA) is 49.3 Å². The number of guanidine groups is 1. The van der Waals surface area contributed by atoms with Gasteiger partial charge in [-0.1, -0.05) is 30.3 Å². The second kappa shape index (κ2) is 10.2. The maximum atomic E-state index is 4.29. The van der Waals surface area contributed by atoms with Gasteiger partial charge in [-0.05, 0) is 43.0 Å². The zero-order valence-corrected chi connectivity index (χ0v) is 16.2. The number of hydrogen-bond donors (Lipinski definition) is 2.